The number of rotatable bonds is 8. The van der Waals surface area contributed by atoms with Crippen molar-refractivity contribution in [2.75, 3.05) is 20.8 Å². The molecule has 0 spiro atoms. The van der Waals surface area contributed by atoms with Gasteiger partial charge in [-0.15, -0.1) is 0 Å². The molecule has 5 rings (SSSR count). The molecule has 0 unspecified atom stereocenters. The van der Waals surface area contributed by atoms with Crippen LogP contribution in [0.2, 0.25) is 0 Å². The number of hydrogen-bond acceptors (Lipinski definition) is 6. The number of carbonyl (C=O) groups is 1. The predicted molar refractivity (Wildman–Crippen MR) is 162 cm³/mol. The van der Waals surface area contributed by atoms with Gasteiger partial charge in [-0.2, -0.15) is 0 Å². The average Bonchev–Trinajstić information content (AvgIpc) is 3.25. The zero-order valence-electron chi connectivity index (χ0n) is 21.8. The molecule has 0 atom stereocenters. The van der Waals surface area contributed by atoms with E-state index in [0.29, 0.717) is 34.7 Å². The summed E-state index contributed by atoms with van der Waals surface area (Å²) in [6, 6.07) is 25.7. The van der Waals surface area contributed by atoms with Crippen LogP contribution < -0.4 is 14.2 Å². The SMILES string of the molecule is CCN1C(=O)/C(=C/c2cc(Br)c(OCc3cccc4ccccc34)c(OC)c2)SC1=Nc1ccc(OC)cc1. The first-order valence-electron chi connectivity index (χ1n) is 12.4. The Bertz CT molecular complexity index is 1580. The zero-order valence-corrected chi connectivity index (χ0v) is 24.2. The molecule has 4 aromatic rings. The van der Waals surface area contributed by atoms with Crippen LogP contribution in [0.15, 0.2) is 93.2 Å². The largest absolute Gasteiger partial charge is 0.497 e. The van der Waals surface area contributed by atoms with Crippen molar-refractivity contribution in [2.45, 2.75) is 13.5 Å². The standard InChI is InChI=1S/C31H27BrN2O4S/c1-4-34-30(35)28(39-31(34)33-23-12-14-24(36-2)15-13-23)18-20-16-26(32)29(27(17-20)37-3)38-19-22-10-7-9-21-8-5-6-11-25(21)22/h5-18H,4,19H2,1-3H3/b28-18-,33-31?. The van der Waals surface area contributed by atoms with Gasteiger partial charge in [0.1, 0.15) is 12.4 Å². The Hall–Kier alpha value is -3.75. The predicted octanol–water partition coefficient (Wildman–Crippen LogP) is 7.82. The van der Waals surface area contributed by atoms with E-state index in [9.17, 15) is 4.79 Å². The third-order valence-electron chi connectivity index (χ3n) is 6.30. The third-order valence-corrected chi connectivity index (χ3v) is 7.90. The van der Waals surface area contributed by atoms with Crippen molar-refractivity contribution in [1.82, 2.24) is 4.90 Å². The number of thioether (sulfide) groups is 1. The van der Waals surface area contributed by atoms with Gasteiger partial charge >= 0.3 is 0 Å². The number of carbonyl (C=O) groups excluding carboxylic acids is 1. The first-order valence-corrected chi connectivity index (χ1v) is 14.0. The minimum Gasteiger partial charge on any atom is -0.497 e. The number of amidine groups is 1. The quantitative estimate of drug-likeness (QED) is 0.192. The van der Waals surface area contributed by atoms with Crippen LogP contribution in [-0.4, -0.2) is 36.7 Å². The summed E-state index contributed by atoms with van der Waals surface area (Å²) in [5.74, 6) is 1.86. The van der Waals surface area contributed by atoms with Crippen LogP contribution >= 0.6 is 27.7 Å². The maximum Gasteiger partial charge on any atom is 0.266 e. The summed E-state index contributed by atoms with van der Waals surface area (Å²) in [4.78, 5) is 20.1. The molecular formula is C31H27BrN2O4S. The topological polar surface area (TPSA) is 60.4 Å². The fourth-order valence-corrected chi connectivity index (χ4v) is 5.96. The number of hydrogen-bond donors (Lipinski definition) is 0. The van der Waals surface area contributed by atoms with E-state index < -0.39 is 0 Å². The lowest BCUT2D eigenvalue weighted by molar-refractivity contribution is -0.122. The number of amides is 1. The van der Waals surface area contributed by atoms with E-state index in [1.165, 1.54) is 17.1 Å². The lowest BCUT2D eigenvalue weighted by atomic mass is 10.1. The van der Waals surface area contributed by atoms with Crippen LogP contribution in [-0.2, 0) is 11.4 Å². The van der Waals surface area contributed by atoms with Gasteiger partial charge in [0.25, 0.3) is 5.91 Å². The molecule has 1 fully saturated rings. The highest BCUT2D eigenvalue weighted by molar-refractivity contribution is 9.10. The normalized spacial score (nSPS) is 15.4. The molecule has 0 aromatic heterocycles. The van der Waals surface area contributed by atoms with Crippen molar-refractivity contribution in [2.24, 2.45) is 4.99 Å². The molecule has 0 radical (unpaired) electrons. The molecule has 6 nitrogen and oxygen atoms in total. The summed E-state index contributed by atoms with van der Waals surface area (Å²) in [6.45, 7) is 2.85. The van der Waals surface area contributed by atoms with E-state index in [-0.39, 0.29) is 5.91 Å². The van der Waals surface area contributed by atoms with E-state index >= 15 is 0 Å². The van der Waals surface area contributed by atoms with E-state index in [2.05, 4.69) is 40.2 Å². The van der Waals surface area contributed by atoms with Crippen molar-refractivity contribution in [3.05, 3.63) is 99.4 Å². The number of ether oxygens (including phenoxy) is 3. The third kappa shape index (κ3) is 5.82. The second-order valence-corrected chi connectivity index (χ2v) is 10.6. The summed E-state index contributed by atoms with van der Waals surface area (Å²) in [6.07, 6.45) is 1.86. The monoisotopic (exact) mass is 602 g/mol. The summed E-state index contributed by atoms with van der Waals surface area (Å²) in [7, 11) is 3.23. The molecule has 198 valence electrons. The number of fused-ring (bicyclic) bond motifs is 1. The Balaban J connectivity index is 1.39. The summed E-state index contributed by atoms with van der Waals surface area (Å²) < 4.78 is 17.9. The Labute approximate surface area is 240 Å². The zero-order chi connectivity index (χ0) is 27.4. The van der Waals surface area contributed by atoms with E-state index in [1.807, 2.05) is 67.6 Å². The molecule has 1 saturated heterocycles. The molecule has 8 heteroatoms. The van der Waals surface area contributed by atoms with Crippen LogP contribution in [0.25, 0.3) is 16.8 Å². The van der Waals surface area contributed by atoms with Crippen LogP contribution in [0.3, 0.4) is 0 Å². The molecule has 1 aliphatic heterocycles. The van der Waals surface area contributed by atoms with Gasteiger partial charge in [0.05, 0.1) is 29.3 Å². The number of methoxy groups -OCH3 is 2. The van der Waals surface area contributed by atoms with Gasteiger partial charge in [-0.3, -0.25) is 9.69 Å². The van der Waals surface area contributed by atoms with Crippen LogP contribution in [0.1, 0.15) is 18.1 Å². The van der Waals surface area contributed by atoms with Crippen LogP contribution in [0.5, 0.6) is 17.2 Å². The molecule has 0 aliphatic carbocycles. The highest BCUT2D eigenvalue weighted by Gasteiger charge is 2.32. The molecule has 0 N–H and O–H groups in total. The molecule has 4 aromatic carbocycles. The van der Waals surface area contributed by atoms with E-state index in [1.54, 1.807) is 19.1 Å². The second-order valence-electron chi connectivity index (χ2n) is 8.71. The molecule has 1 amide bonds. The van der Waals surface area contributed by atoms with Crippen molar-refractivity contribution >= 4 is 61.3 Å². The molecular weight excluding hydrogens is 576 g/mol. The van der Waals surface area contributed by atoms with Crippen LogP contribution in [0, 0.1) is 0 Å². The fraction of sp³-hybridized carbons (Fsp3) is 0.161. The molecule has 1 aliphatic rings. The van der Waals surface area contributed by atoms with Crippen LogP contribution in [0.4, 0.5) is 5.69 Å². The van der Waals surface area contributed by atoms with Gasteiger partial charge in [-0.05, 0) is 99.0 Å². The van der Waals surface area contributed by atoms with Gasteiger partial charge in [-0.25, -0.2) is 4.99 Å². The molecule has 1 heterocycles. The van der Waals surface area contributed by atoms with Crippen molar-refractivity contribution in [1.29, 1.82) is 0 Å². The maximum absolute atomic E-state index is 13.2. The van der Waals surface area contributed by atoms with E-state index in [0.717, 1.165) is 32.4 Å². The molecule has 0 saturated carbocycles. The first kappa shape index (κ1) is 26.8. The Morgan fingerprint density at radius 2 is 1.74 bits per heavy atom. The smallest absolute Gasteiger partial charge is 0.266 e. The number of aliphatic imine (C=N–C) groups is 1. The number of likely N-dealkylation sites (N-methyl/N-ethyl adjacent to an activating group) is 1. The Morgan fingerprint density at radius 1 is 0.974 bits per heavy atom. The fourth-order valence-electron chi connectivity index (χ4n) is 4.32. The van der Waals surface area contributed by atoms with Gasteiger partial charge in [0.15, 0.2) is 16.7 Å². The summed E-state index contributed by atoms with van der Waals surface area (Å²) >= 11 is 5.00. The van der Waals surface area contributed by atoms with Crippen molar-refractivity contribution in [3.8, 4) is 17.2 Å². The average molecular weight is 604 g/mol. The van der Waals surface area contributed by atoms with Crippen molar-refractivity contribution < 1.29 is 19.0 Å². The minimum atomic E-state index is -0.0823. The highest BCUT2D eigenvalue weighted by atomic mass is 79.9. The van der Waals surface area contributed by atoms with Crippen molar-refractivity contribution in [3.63, 3.8) is 0 Å². The molecule has 39 heavy (non-hydrogen) atoms. The van der Waals surface area contributed by atoms with Gasteiger partial charge in [-0.1, -0.05) is 42.5 Å². The Kier molecular flexibility index (Phi) is 8.24. The number of nitrogens with zero attached hydrogens (tertiary/aromatic N) is 2. The minimum absolute atomic E-state index is 0.0823. The molecule has 0 bridgehead atoms. The van der Waals surface area contributed by atoms with E-state index in [4.69, 9.17) is 19.2 Å². The summed E-state index contributed by atoms with van der Waals surface area (Å²) in [5.41, 5.74) is 2.65. The number of benzene rings is 4. The highest BCUT2D eigenvalue weighted by Crippen LogP contribution is 2.40. The first-order chi connectivity index (χ1) is 19.0. The lowest BCUT2D eigenvalue weighted by Gasteiger charge is -2.15. The number of halogens is 1. The second kappa shape index (κ2) is 12.0. The lowest BCUT2D eigenvalue weighted by Crippen LogP contribution is -2.28. The maximum atomic E-state index is 13.2. The van der Waals surface area contributed by atoms with Gasteiger partial charge in [0, 0.05) is 6.54 Å². The summed E-state index contributed by atoms with van der Waals surface area (Å²) in [5, 5.41) is 2.96. The van der Waals surface area contributed by atoms with Gasteiger partial charge in [0.2, 0.25) is 0 Å². The van der Waals surface area contributed by atoms with Gasteiger partial charge < -0.3 is 14.2 Å². The Morgan fingerprint density at radius 3 is 2.49 bits per heavy atom.